The third-order valence-corrected chi connectivity index (χ3v) is 5.44. The molecule has 0 amide bonds. The average Bonchev–Trinajstić information content (AvgIpc) is 2.26. The molecule has 1 aliphatic carbocycles. The second kappa shape index (κ2) is 5.77. The van der Waals surface area contributed by atoms with Crippen LogP contribution in [-0.2, 0) is 0 Å². The van der Waals surface area contributed by atoms with Crippen LogP contribution in [-0.4, -0.2) is 11.3 Å². The Bertz CT molecular complexity index is 374. The molecule has 0 unspecified atom stereocenters. The Morgan fingerprint density at radius 3 is 2.82 bits per heavy atom. The molecule has 0 aliphatic heterocycles. The summed E-state index contributed by atoms with van der Waals surface area (Å²) in [4.78, 5) is 1.33. The quantitative estimate of drug-likeness (QED) is 0.869. The smallest absolute Gasteiger partial charge is 0.0334 e. The van der Waals surface area contributed by atoms with Gasteiger partial charge in [0.15, 0.2) is 0 Å². The van der Waals surface area contributed by atoms with Crippen molar-refractivity contribution in [2.45, 2.75) is 42.2 Å². The molecule has 0 saturated heterocycles. The van der Waals surface area contributed by atoms with Gasteiger partial charge in [-0.25, -0.2) is 0 Å². The van der Waals surface area contributed by atoms with Gasteiger partial charge in [-0.15, -0.1) is 11.8 Å². The van der Waals surface area contributed by atoms with E-state index in [9.17, 15) is 0 Å². The number of nitrogens with two attached hydrogens (primary N) is 1. The summed E-state index contributed by atoms with van der Waals surface area (Å²) in [5.41, 5.74) is 5.98. The first kappa shape index (κ1) is 13.4. The Labute approximate surface area is 117 Å². The second-order valence-electron chi connectivity index (χ2n) is 5.01. The van der Waals surface area contributed by atoms with Gasteiger partial charge in [0.2, 0.25) is 0 Å². The highest BCUT2D eigenvalue weighted by Crippen LogP contribution is 2.51. The van der Waals surface area contributed by atoms with Crippen LogP contribution in [0.15, 0.2) is 33.6 Å². The van der Waals surface area contributed by atoms with Crippen molar-refractivity contribution in [2.75, 3.05) is 6.54 Å². The second-order valence-corrected chi connectivity index (χ2v) is 7.47. The van der Waals surface area contributed by atoms with Crippen LogP contribution in [0.4, 0.5) is 0 Å². The van der Waals surface area contributed by atoms with Crippen LogP contribution in [0.1, 0.15) is 32.6 Å². The lowest BCUT2D eigenvalue weighted by Gasteiger charge is -2.47. The van der Waals surface area contributed by atoms with E-state index >= 15 is 0 Å². The Kier molecular flexibility index (Phi) is 4.56. The molecule has 0 spiro atoms. The zero-order chi connectivity index (χ0) is 12.3. The van der Waals surface area contributed by atoms with E-state index in [1.54, 1.807) is 0 Å². The highest BCUT2D eigenvalue weighted by molar-refractivity contribution is 9.10. The maximum absolute atomic E-state index is 5.98. The number of thioether (sulfide) groups is 1. The summed E-state index contributed by atoms with van der Waals surface area (Å²) in [6, 6.07) is 8.54. The molecule has 0 heterocycles. The maximum Gasteiger partial charge on any atom is 0.0334 e. The molecular formula is C14H20BrNS. The Balaban J connectivity index is 1.97. The summed E-state index contributed by atoms with van der Waals surface area (Å²) in [6.07, 6.45) is 5.23. The van der Waals surface area contributed by atoms with Crippen LogP contribution < -0.4 is 5.73 Å². The van der Waals surface area contributed by atoms with Crippen molar-refractivity contribution in [1.29, 1.82) is 0 Å². The topological polar surface area (TPSA) is 26.0 Å². The third-order valence-electron chi connectivity index (χ3n) is 3.52. The fourth-order valence-electron chi connectivity index (χ4n) is 2.68. The molecule has 1 nitrogen and oxygen atoms in total. The summed E-state index contributed by atoms with van der Waals surface area (Å²) < 4.78 is 1.46. The minimum absolute atomic E-state index is 0.306. The fraction of sp³-hybridized carbons (Fsp3) is 0.571. The first-order chi connectivity index (χ1) is 8.17. The van der Waals surface area contributed by atoms with Gasteiger partial charge in [-0.3, -0.25) is 0 Å². The lowest BCUT2D eigenvalue weighted by Crippen LogP contribution is -2.46. The first-order valence-corrected chi connectivity index (χ1v) is 7.93. The molecule has 1 aromatic carbocycles. The van der Waals surface area contributed by atoms with Crippen LogP contribution in [0, 0.1) is 5.92 Å². The summed E-state index contributed by atoms with van der Waals surface area (Å²) in [7, 11) is 0. The van der Waals surface area contributed by atoms with E-state index in [1.165, 1.54) is 30.6 Å². The van der Waals surface area contributed by atoms with Gasteiger partial charge in [-0.05, 0) is 37.0 Å². The van der Waals surface area contributed by atoms with Gasteiger partial charge in [0.05, 0.1) is 0 Å². The van der Waals surface area contributed by atoms with Crippen molar-refractivity contribution >= 4 is 27.7 Å². The zero-order valence-corrected chi connectivity index (χ0v) is 12.7. The molecule has 1 saturated carbocycles. The predicted molar refractivity (Wildman–Crippen MR) is 79.4 cm³/mol. The van der Waals surface area contributed by atoms with Crippen molar-refractivity contribution < 1.29 is 0 Å². The minimum Gasteiger partial charge on any atom is -0.329 e. The lowest BCUT2D eigenvalue weighted by atomic mass is 9.72. The third kappa shape index (κ3) is 3.27. The van der Waals surface area contributed by atoms with Crippen molar-refractivity contribution in [3.8, 4) is 0 Å². The van der Waals surface area contributed by atoms with Crippen LogP contribution in [0.3, 0.4) is 0 Å². The summed E-state index contributed by atoms with van der Waals surface area (Å²) in [5, 5.41) is 0. The van der Waals surface area contributed by atoms with E-state index in [0.717, 1.165) is 16.9 Å². The molecule has 1 aromatic rings. The summed E-state index contributed by atoms with van der Waals surface area (Å²) in [5.74, 6) is 0.906. The van der Waals surface area contributed by atoms with Crippen LogP contribution in [0.25, 0.3) is 0 Å². The number of halogens is 1. The highest BCUT2D eigenvalue weighted by atomic mass is 79.9. The monoisotopic (exact) mass is 313 g/mol. The maximum atomic E-state index is 5.98. The van der Waals surface area contributed by atoms with Crippen LogP contribution in [0.2, 0.25) is 0 Å². The van der Waals surface area contributed by atoms with Gasteiger partial charge in [-0.1, -0.05) is 41.8 Å². The van der Waals surface area contributed by atoms with Crippen molar-refractivity contribution in [2.24, 2.45) is 11.7 Å². The molecule has 3 heteroatoms. The van der Waals surface area contributed by atoms with E-state index in [0.29, 0.717) is 4.75 Å². The number of benzene rings is 1. The van der Waals surface area contributed by atoms with Crippen molar-refractivity contribution in [3.05, 3.63) is 28.7 Å². The standard InChI is InChI=1S/C14H20BrNS/c1-2-4-11-8-14(9-11,10-16)17-13-6-3-5-12(15)7-13/h3,5-7,11H,2,4,8-10,16H2,1H3. The van der Waals surface area contributed by atoms with E-state index in [1.807, 2.05) is 11.8 Å². The Morgan fingerprint density at radius 2 is 2.24 bits per heavy atom. The summed E-state index contributed by atoms with van der Waals surface area (Å²) >= 11 is 5.49. The van der Waals surface area contributed by atoms with Gasteiger partial charge in [-0.2, -0.15) is 0 Å². The van der Waals surface area contributed by atoms with Crippen LogP contribution >= 0.6 is 27.7 Å². The van der Waals surface area contributed by atoms with E-state index in [2.05, 4.69) is 47.1 Å². The lowest BCUT2D eigenvalue weighted by molar-refractivity contribution is 0.220. The average molecular weight is 314 g/mol. The van der Waals surface area contributed by atoms with E-state index < -0.39 is 0 Å². The van der Waals surface area contributed by atoms with Gasteiger partial charge >= 0.3 is 0 Å². The van der Waals surface area contributed by atoms with Crippen molar-refractivity contribution in [3.63, 3.8) is 0 Å². The van der Waals surface area contributed by atoms with E-state index in [-0.39, 0.29) is 0 Å². The summed E-state index contributed by atoms with van der Waals surface area (Å²) in [6.45, 7) is 3.06. The minimum atomic E-state index is 0.306. The van der Waals surface area contributed by atoms with Gasteiger partial charge in [0, 0.05) is 20.7 Å². The highest BCUT2D eigenvalue weighted by Gasteiger charge is 2.43. The molecule has 0 bridgehead atoms. The van der Waals surface area contributed by atoms with Gasteiger partial charge < -0.3 is 5.73 Å². The first-order valence-electron chi connectivity index (χ1n) is 6.32. The van der Waals surface area contributed by atoms with Crippen LogP contribution in [0.5, 0.6) is 0 Å². The number of rotatable bonds is 5. The van der Waals surface area contributed by atoms with E-state index in [4.69, 9.17) is 5.73 Å². The number of hydrogen-bond acceptors (Lipinski definition) is 2. The predicted octanol–water partition coefficient (Wildman–Crippen LogP) is 4.45. The van der Waals surface area contributed by atoms with Gasteiger partial charge in [0.25, 0.3) is 0 Å². The normalized spacial score (nSPS) is 27.8. The molecule has 94 valence electrons. The fourth-order valence-corrected chi connectivity index (χ4v) is 4.78. The molecule has 2 rings (SSSR count). The zero-order valence-electron chi connectivity index (χ0n) is 10.3. The largest absolute Gasteiger partial charge is 0.329 e. The van der Waals surface area contributed by atoms with Crippen molar-refractivity contribution in [1.82, 2.24) is 0 Å². The Morgan fingerprint density at radius 1 is 1.47 bits per heavy atom. The molecule has 0 atom stereocenters. The molecule has 0 radical (unpaired) electrons. The van der Waals surface area contributed by atoms with Gasteiger partial charge in [0.1, 0.15) is 0 Å². The molecule has 1 aliphatic rings. The molecular weight excluding hydrogens is 294 g/mol. The number of hydrogen-bond donors (Lipinski definition) is 1. The molecule has 0 aromatic heterocycles. The SMILES string of the molecule is CCCC1CC(CN)(Sc2cccc(Br)c2)C1. The molecule has 2 N–H and O–H groups in total. The Hall–Kier alpha value is 0.01000. The molecule has 17 heavy (non-hydrogen) atoms. The molecule has 1 fully saturated rings.